The number of likely N-dealkylation sites (tertiary alicyclic amines) is 1. The average Bonchev–Trinajstić information content (AvgIpc) is 2.64. The molecule has 2 aliphatic rings. The standard InChI is InChI=1S/C20H33N3O2/c1-2-21-10-12-22(13-11-21)14-15-25-20-7-5-18(6-8-20)16-23-9-3-4-19(24)17-23/h5-8,19,24H,2-4,9-17H2,1H3. The van der Waals surface area contributed by atoms with Gasteiger partial charge in [0.1, 0.15) is 12.4 Å². The Morgan fingerprint density at radius 2 is 1.72 bits per heavy atom. The van der Waals surface area contributed by atoms with Crippen molar-refractivity contribution in [2.45, 2.75) is 32.4 Å². The summed E-state index contributed by atoms with van der Waals surface area (Å²) in [5.74, 6) is 0.953. The van der Waals surface area contributed by atoms with Crippen molar-refractivity contribution in [1.82, 2.24) is 14.7 Å². The van der Waals surface area contributed by atoms with E-state index in [0.717, 1.165) is 71.0 Å². The minimum Gasteiger partial charge on any atom is -0.492 e. The van der Waals surface area contributed by atoms with Crippen LogP contribution in [0.15, 0.2) is 24.3 Å². The zero-order chi connectivity index (χ0) is 17.5. The first-order valence-corrected chi connectivity index (χ1v) is 9.80. The quantitative estimate of drug-likeness (QED) is 0.812. The van der Waals surface area contributed by atoms with Gasteiger partial charge in [0.25, 0.3) is 0 Å². The molecule has 2 heterocycles. The third kappa shape index (κ3) is 5.96. The van der Waals surface area contributed by atoms with Crippen molar-refractivity contribution >= 4 is 0 Å². The van der Waals surface area contributed by atoms with Crippen LogP contribution in [0, 0.1) is 0 Å². The number of likely N-dealkylation sites (N-methyl/N-ethyl adjacent to an activating group) is 1. The molecule has 5 nitrogen and oxygen atoms in total. The number of benzene rings is 1. The molecule has 1 atom stereocenters. The largest absolute Gasteiger partial charge is 0.492 e. The van der Waals surface area contributed by atoms with Crippen molar-refractivity contribution in [1.29, 1.82) is 0 Å². The zero-order valence-electron chi connectivity index (χ0n) is 15.6. The van der Waals surface area contributed by atoms with E-state index in [9.17, 15) is 5.11 Å². The Morgan fingerprint density at radius 1 is 1.00 bits per heavy atom. The van der Waals surface area contributed by atoms with E-state index in [2.05, 4.69) is 45.9 Å². The Morgan fingerprint density at radius 3 is 2.40 bits per heavy atom. The molecule has 0 aromatic heterocycles. The van der Waals surface area contributed by atoms with Gasteiger partial charge in [-0.2, -0.15) is 0 Å². The molecule has 0 radical (unpaired) electrons. The number of aliphatic hydroxyl groups is 1. The Kier molecular flexibility index (Phi) is 7.11. The summed E-state index contributed by atoms with van der Waals surface area (Å²) in [5, 5.41) is 9.77. The first-order chi connectivity index (χ1) is 12.2. The molecule has 5 heteroatoms. The lowest BCUT2D eigenvalue weighted by molar-refractivity contribution is 0.0668. The number of piperazine rings is 1. The van der Waals surface area contributed by atoms with E-state index in [-0.39, 0.29) is 6.10 Å². The number of hydrogen-bond donors (Lipinski definition) is 1. The molecule has 140 valence electrons. The van der Waals surface area contributed by atoms with Gasteiger partial charge in [-0.05, 0) is 43.6 Å². The van der Waals surface area contributed by atoms with E-state index in [1.54, 1.807) is 0 Å². The molecule has 2 fully saturated rings. The molecule has 0 bridgehead atoms. The van der Waals surface area contributed by atoms with Crippen LogP contribution in [0.3, 0.4) is 0 Å². The van der Waals surface area contributed by atoms with Crippen molar-refractivity contribution in [3.63, 3.8) is 0 Å². The number of piperidine rings is 1. The summed E-state index contributed by atoms with van der Waals surface area (Å²) in [7, 11) is 0. The number of rotatable bonds is 7. The molecule has 25 heavy (non-hydrogen) atoms. The van der Waals surface area contributed by atoms with Crippen molar-refractivity contribution in [3.05, 3.63) is 29.8 Å². The smallest absolute Gasteiger partial charge is 0.119 e. The number of hydrogen-bond acceptors (Lipinski definition) is 5. The summed E-state index contributed by atoms with van der Waals surface area (Å²) in [5.41, 5.74) is 1.29. The van der Waals surface area contributed by atoms with Gasteiger partial charge in [0.05, 0.1) is 6.10 Å². The topological polar surface area (TPSA) is 39.2 Å². The van der Waals surface area contributed by atoms with Crippen molar-refractivity contribution in [2.24, 2.45) is 0 Å². The Bertz CT molecular complexity index is 500. The summed E-state index contributed by atoms with van der Waals surface area (Å²) in [4.78, 5) is 7.32. The highest BCUT2D eigenvalue weighted by atomic mass is 16.5. The molecule has 2 aliphatic heterocycles. The average molecular weight is 348 g/mol. The van der Waals surface area contributed by atoms with Crippen molar-refractivity contribution in [2.75, 3.05) is 59.0 Å². The van der Waals surface area contributed by atoms with E-state index < -0.39 is 0 Å². The number of β-amino-alcohol motifs (C(OH)–C–C–N with tert-alkyl or cyclic N) is 1. The maximum atomic E-state index is 9.77. The predicted molar refractivity (Wildman–Crippen MR) is 101 cm³/mol. The van der Waals surface area contributed by atoms with Gasteiger partial charge in [-0.1, -0.05) is 19.1 Å². The fraction of sp³-hybridized carbons (Fsp3) is 0.700. The lowest BCUT2D eigenvalue weighted by atomic mass is 10.1. The molecule has 1 N–H and O–H groups in total. The summed E-state index contributed by atoms with van der Waals surface area (Å²) in [6.07, 6.45) is 1.88. The van der Waals surface area contributed by atoms with Gasteiger partial charge in [-0.3, -0.25) is 9.80 Å². The molecule has 0 saturated carbocycles. The van der Waals surface area contributed by atoms with Gasteiger partial charge >= 0.3 is 0 Å². The van der Waals surface area contributed by atoms with Crippen LogP contribution in [0.4, 0.5) is 0 Å². The maximum Gasteiger partial charge on any atom is 0.119 e. The van der Waals surface area contributed by atoms with E-state index in [1.807, 2.05) is 0 Å². The third-order valence-corrected chi connectivity index (χ3v) is 5.40. The summed E-state index contributed by atoms with van der Waals surface area (Å²) < 4.78 is 5.92. The van der Waals surface area contributed by atoms with Crippen LogP contribution >= 0.6 is 0 Å². The van der Waals surface area contributed by atoms with Gasteiger partial charge in [0, 0.05) is 45.8 Å². The van der Waals surface area contributed by atoms with Gasteiger partial charge in [-0.15, -0.1) is 0 Å². The highest BCUT2D eigenvalue weighted by Gasteiger charge is 2.17. The first kappa shape index (κ1) is 18.6. The van der Waals surface area contributed by atoms with Crippen LogP contribution in [0.5, 0.6) is 5.75 Å². The maximum absolute atomic E-state index is 9.77. The third-order valence-electron chi connectivity index (χ3n) is 5.40. The second kappa shape index (κ2) is 9.53. The highest BCUT2D eigenvalue weighted by molar-refractivity contribution is 5.27. The molecule has 1 unspecified atom stereocenters. The molecule has 2 saturated heterocycles. The number of nitrogens with zero attached hydrogens (tertiary/aromatic N) is 3. The van der Waals surface area contributed by atoms with Crippen molar-refractivity contribution in [3.8, 4) is 5.75 Å². The van der Waals surface area contributed by atoms with Crippen LogP contribution in [0.1, 0.15) is 25.3 Å². The summed E-state index contributed by atoms with van der Waals surface area (Å²) in [6.45, 7) is 12.6. The van der Waals surface area contributed by atoms with Gasteiger partial charge in [-0.25, -0.2) is 0 Å². The SMILES string of the molecule is CCN1CCN(CCOc2ccc(CN3CCCC(O)C3)cc2)CC1. The second-order valence-electron chi connectivity index (χ2n) is 7.30. The van der Waals surface area contributed by atoms with Crippen LogP contribution in [-0.2, 0) is 6.54 Å². The second-order valence-corrected chi connectivity index (χ2v) is 7.30. The van der Waals surface area contributed by atoms with Crippen LogP contribution in [0.25, 0.3) is 0 Å². The minimum absolute atomic E-state index is 0.157. The lowest BCUT2D eigenvalue weighted by Crippen LogP contribution is -2.47. The molecule has 0 amide bonds. The Labute approximate surface area is 152 Å². The zero-order valence-corrected chi connectivity index (χ0v) is 15.6. The summed E-state index contributed by atoms with van der Waals surface area (Å²) in [6, 6.07) is 8.45. The summed E-state index contributed by atoms with van der Waals surface area (Å²) >= 11 is 0. The molecular formula is C20H33N3O2. The highest BCUT2D eigenvalue weighted by Crippen LogP contribution is 2.17. The van der Waals surface area contributed by atoms with Gasteiger partial charge < -0.3 is 14.7 Å². The van der Waals surface area contributed by atoms with E-state index in [4.69, 9.17) is 4.74 Å². The van der Waals surface area contributed by atoms with Crippen LogP contribution in [0.2, 0.25) is 0 Å². The number of ether oxygens (including phenoxy) is 1. The van der Waals surface area contributed by atoms with Gasteiger partial charge in [0.15, 0.2) is 0 Å². The monoisotopic (exact) mass is 347 g/mol. The number of aliphatic hydroxyl groups excluding tert-OH is 1. The lowest BCUT2D eigenvalue weighted by Gasteiger charge is -2.33. The van der Waals surface area contributed by atoms with Gasteiger partial charge in [0.2, 0.25) is 0 Å². The van der Waals surface area contributed by atoms with Crippen molar-refractivity contribution < 1.29 is 9.84 Å². The van der Waals surface area contributed by atoms with Crippen LogP contribution < -0.4 is 4.74 Å². The van der Waals surface area contributed by atoms with E-state index >= 15 is 0 Å². The predicted octanol–water partition coefficient (Wildman–Crippen LogP) is 1.66. The molecular weight excluding hydrogens is 314 g/mol. The fourth-order valence-corrected chi connectivity index (χ4v) is 3.75. The normalized spacial score (nSPS) is 23.7. The molecule has 0 aliphatic carbocycles. The fourth-order valence-electron chi connectivity index (χ4n) is 3.75. The molecule has 0 spiro atoms. The Hall–Kier alpha value is -1.14. The van der Waals surface area contributed by atoms with E-state index in [0.29, 0.717) is 0 Å². The van der Waals surface area contributed by atoms with E-state index in [1.165, 1.54) is 18.7 Å². The first-order valence-electron chi connectivity index (χ1n) is 9.80. The molecule has 3 rings (SSSR count). The Balaban J connectivity index is 1.36. The van der Waals surface area contributed by atoms with Crippen LogP contribution in [-0.4, -0.2) is 84.9 Å². The molecule has 1 aromatic carbocycles. The minimum atomic E-state index is -0.157. The molecule has 1 aromatic rings.